The summed E-state index contributed by atoms with van der Waals surface area (Å²) in [5.41, 5.74) is 3.62. The Morgan fingerprint density at radius 2 is 1.77 bits per heavy atom. The molecule has 162 valence electrons. The molecule has 7 heteroatoms. The van der Waals surface area contributed by atoms with Crippen molar-refractivity contribution in [3.05, 3.63) is 59.2 Å². The van der Waals surface area contributed by atoms with E-state index in [1.165, 1.54) is 11.1 Å². The Kier molecular flexibility index (Phi) is 6.39. The maximum absolute atomic E-state index is 13.9. The molecule has 0 aliphatic carbocycles. The fourth-order valence-corrected chi connectivity index (χ4v) is 7.29. The number of halogens is 1. The predicted octanol–water partition coefficient (Wildman–Crippen LogP) is 3.20. The summed E-state index contributed by atoms with van der Waals surface area (Å²) in [4.78, 5) is 2.67. The van der Waals surface area contributed by atoms with Crippen LogP contribution in [0.15, 0.2) is 47.4 Å². The minimum absolute atomic E-state index is 0. The molecular formula is C23H29ClN2O3S. The molecule has 1 atom stereocenters. The van der Waals surface area contributed by atoms with E-state index in [4.69, 9.17) is 4.74 Å². The van der Waals surface area contributed by atoms with Crippen molar-refractivity contribution in [3.63, 3.8) is 0 Å². The molecule has 2 aromatic rings. The summed E-state index contributed by atoms with van der Waals surface area (Å²) in [5.74, 6) is 0.977. The topological polar surface area (TPSA) is 58.6 Å². The molecule has 0 radical (unpaired) electrons. The second-order valence-electron chi connectivity index (χ2n) is 8.38. The van der Waals surface area contributed by atoms with Gasteiger partial charge in [0.15, 0.2) is 9.84 Å². The second-order valence-corrected chi connectivity index (χ2v) is 10.4. The first-order valence-corrected chi connectivity index (χ1v) is 12.2. The smallest absolute Gasteiger partial charge is 0.194 e. The average Bonchev–Trinajstić information content (AvgIpc) is 3.22. The molecule has 2 aromatic carbocycles. The van der Waals surface area contributed by atoms with Gasteiger partial charge >= 0.3 is 0 Å². The highest BCUT2D eigenvalue weighted by Gasteiger charge is 2.41. The molecular weight excluding hydrogens is 420 g/mol. The SMILES string of the molecule is Cl.O=S(=O)(c1ccc2c(c1)CCO2)C(C1CCNCC1)N1CCc2ccccc2C1. The van der Waals surface area contributed by atoms with Gasteiger partial charge in [0.05, 0.1) is 11.5 Å². The van der Waals surface area contributed by atoms with Gasteiger partial charge in [-0.2, -0.15) is 0 Å². The van der Waals surface area contributed by atoms with Crippen LogP contribution in [0.5, 0.6) is 5.75 Å². The Hall–Kier alpha value is -1.60. The van der Waals surface area contributed by atoms with Gasteiger partial charge in [-0.25, -0.2) is 8.42 Å². The zero-order chi connectivity index (χ0) is 19.8. The summed E-state index contributed by atoms with van der Waals surface area (Å²) >= 11 is 0. The van der Waals surface area contributed by atoms with Crippen LogP contribution in [0.4, 0.5) is 0 Å². The molecule has 0 amide bonds. The van der Waals surface area contributed by atoms with Crippen molar-refractivity contribution in [1.82, 2.24) is 10.2 Å². The minimum atomic E-state index is -3.48. The standard InChI is InChI=1S/C23H28N2O3S.ClH/c26-29(27,21-5-6-22-19(15-21)10-14-28-22)23(18-7-11-24-12-8-18)25-13-9-17-3-1-2-4-20(17)16-25;/h1-6,15,18,23-24H,7-14,16H2;1H. The summed E-state index contributed by atoms with van der Waals surface area (Å²) in [5, 5.41) is 2.91. The molecule has 1 fully saturated rings. The van der Waals surface area contributed by atoms with E-state index < -0.39 is 15.2 Å². The van der Waals surface area contributed by atoms with E-state index >= 15 is 0 Å². The summed E-state index contributed by atoms with van der Waals surface area (Å²) < 4.78 is 33.5. The van der Waals surface area contributed by atoms with Crippen molar-refractivity contribution in [2.24, 2.45) is 5.92 Å². The summed E-state index contributed by atoms with van der Waals surface area (Å²) in [7, 11) is -3.48. The van der Waals surface area contributed by atoms with Gasteiger partial charge in [-0.3, -0.25) is 4.90 Å². The van der Waals surface area contributed by atoms with Crippen molar-refractivity contribution >= 4 is 22.2 Å². The van der Waals surface area contributed by atoms with Crippen LogP contribution in [-0.2, 0) is 29.2 Å². The quantitative estimate of drug-likeness (QED) is 0.778. The number of fused-ring (bicyclic) bond motifs is 2. The zero-order valence-corrected chi connectivity index (χ0v) is 18.7. The fraction of sp³-hybridized carbons (Fsp3) is 0.478. The number of sulfone groups is 1. The molecule has 3 aliphatic rings. The molecule has 1 saturated heterocycles. The van der Waals surface area contributed by atoms with Crippen LogP contribution in [0, 0.1) is 5.92 Å². The molecule has 30 heavy (non-hydrogen) atoms. The van der Waals surface area contributed by atoms with Crippen LogP contribution in [0.25, 0.3) is 0 Å². The lowest BCUT2D eigenvalue weighted by Gasteiger charge is -2.40. The average molecular weight is 449 g/mol. The minimum Gasteiger partial charge on any atom is -0.493 e. The number of hydrogen-bond donors (Lipinski definition) is 1. The third kappa shape index (κ3) is 3.98. The van der Waals surface area contributed by atoms with Crippen LogP contribution in [0.1, 0.15) is 29.5 Å². The first-order chi connectivity index (χ1) is 14.1. The molecule has 3 heterocycles. The lowest BCUT2D eigenvalue weighted by Crippen LogP contribution is -2.50. The monoisotopic (exact) mass is 448 g/mol. The van der Waals surface area contributed by atoms with Crippen molar-refractivity contribution in [3.8, 4) is 5.75 Å². The molecule has 0 bridgehead atoms. The van der Waals surface area contributed by atoms with Crippen LogP contribution in [-0.4, -0.2) is 44.9 Å². The van der Waals surface area contributed by atoms with Gasteiger partial charge < -0.3 is 10.1 Å². The summed E-state index contributed by atoms with van der Waals surface area (Å²) in [6.07, 6.45) is 3.49. The molecule has 1 N–H and O–H groups in total. The van der Waals surface area contributed by atoms with E-state index in [1.807, 2.05) is 12.1 Å². The largest absolute Gasteiger partial charge is 0.493 e. The number of nitrogens with one attached hydrogen (secondary N) is 1. The molecule has 0 spiro atoms. The van der Waals surface area contributed by atoms with Gasteiger partial charge in [0.1, 0.15) is 11.1 Å². The highest BCUT2D eigenvalue weighted by Crippen LogP contribution is 2.35. The number of nitrogens with zero attached hydrogens (tertiary/aromatic N) is 1. The van der Waals surface area contributed by atoms with Crippen LogP contribution in [0.2, 0.25) is 0 Å². The Bertz CT molecular complexity index is 1010. The van der Waals surface area contributed by atoms with Gasteiger partial charge in [-0.05, 0) is 73.2 Å². The lowest BCUT2D eigenvalue weighted by molar-refractivity contribution is 0.159. The van der Waals surface area contributed by atoms with Gasteiger partial charge in [-0.15, -0.1) is 12.4 Å². The van der Waals surface area contributed by atoms with Crippen molar-refractivity contribution < 1.29 is 13.2 Å². The van der Waals surface area contributed by atoms with E-state index in [-0.39, 0.29) is 18.3 Å². The maximum Gasteiger partial charge on any atom is 0.194 e. The van der Waals surface area contributed by atoms with Gasteiger partial charge in [0.2, 0.25) is 0 Å². The van der Waals surface area contributed by atoms with Crippen molar-refractivity contribution in [2.45, 2.75) is 42.5 Å². The molecule has 0 aromatic heterocycles. The van der Waals surface area contributed by atoms with Gasteiger partial charge in [-0.1, -0.05) is 24.3 Å². The number of rotatable bonds is 4. The van der Waals surface area contributed by atoms with E-state index in [9.17, 15) is 8.42 Å². The van der Waals surface area contributed by atoms with E-state index in [2.05, 4.69) is 34.5 Å². The van der Waals surface area contributed by atoms with Gasteiger partial charge in [0, 0.05) is 19.5 Å². The van der Waals surface area contributed by atoms with Crippen molar-refractivity contribution in [1.29, 1.82) is 0 Å². The Labute approximate surface area is 185 Å². The van der Waals surface area contributed by atoms with Crippen molar-refractivity contribution in [2.75, 3.05) is 26.2 Å². The molecule has 3 aliphatic heterocycles. The molecule has 5 rings (SSSR count). The van der Waals surface area contributed by atoms with Crippen LogP contribution >= 0.6 is 12.4 Å². The summed E-state index contributed by atoms with van der Waals surface area (Å²) in [6, 6.07) is 13.9. The normalized spacial score (nSPS) is 20.5. The first kappa shape index (κ1) is 21.6. The molecule has 5 nitrogen and oxygen atoms in total. The highest BCUT2D eigenvalue weighted by molar-refractivity contribution is 7.92. The number of piperidine rings is 1. The Morgan fingerprint density at radius 1 is 1.00 bits per heavy atom. The summed E-state index contributed by atoms with van der Waals surface area (Å²) in [6.45, 7) is 3.91. The zero-order valence-electron chi connectivity index (χ0n) is 17.0. The predicted molar refractivity (Wildman–Crippen MR) is 120 cm³/mol. The number of ether oxygens (including phenoxy) is 1. The fourth-order valence-electron chi connectivity index (χ4n) is 5.09. The van der Waals surface area contributed by atoms with E-state index in [1.54, 1.807) is 6.07 Å². The maximum atomic E-state index is 13.9. The van der Waals surface area contributed by atoms with Crippen LogP contribution < -0.4 is 10.1 Å². The third-order valence-electron chi connectivity index (χ3n) is 6.61. The molecule has 0 saturated carbocycles. The molecule has 1 unspecified atom stereocenters. The lowest BCUT2D eigenvalue weighted by atomic mass is 9.94. The van der Waals surface area contributed by atoms with Crippen LogP contribution in [0.3, 0.4) is 0 Å². The number of benzene rings is 2. The highest BCUT2D eigenvalue weighted by atomic mass is 35.5. The first-order valence-electron chi connectivity index (χ1n) is 10.6. The second kappa shape index (κ2) is 8.87. The van der Waals surface area contributed by atoms with E-state index in [0.29, 0.717) is 18.0 Å². The Balaban J connectivity index is 0.00000218. The number of hydrogen-bond acceptors (Lipinski definition) is 5. The van der Waals surface area contributed by atoms with E-state index in [0.717, 1.165) is 56.6 Å². The Morgan fingerprint density at radius 3 is 2.57 bits per heavy atom. The van der Waals surface area contributed by atoms with Gasteiger partial charge in [0.25, 0.3) is 0 Å². The third-order valence-corrected chi connectivity index (χ3v) is 8.84.